The van der Waals surface area contributed by atoms with Crippen molar-refractivity contribution in [1.82, 2.24) is 51.2 Å². The molecule has 1 atom stereocenters. The maximum absolute atomic E-state index is 6.06. The number of tetrazole rings is 2. The summed E-state index contributed by atoms with van der Waals surface area (Å²) in [5.41, 5.74) is 10.1. The summed E-state index contributed by atoms with van der Waals surface area (Å²) >= 11 is 0. The van der Waals surface area contributed by atoms with E-state index in [1.54, 1.807) is 0 Å². The van der Waals surface area contributed by atoms with Gasteiger partial charge in [0.05, 0.1) is 22.4 Å². The van der Waals surface area contributed by atoms with Crippen LogP contribution in [0, 0.1) is 0 Å². The first-order chi connectivity index (χ1) is 34.0. The Kier molecular flexibility index (Phi) is 15.5. The third-order valence-electron chi connectivity index (χ3n) is 11.9. The van der Waals surface area contributed by atoms with E-state index in [0.29, 0.717) is 31.6 Å². The molecule has 0 saturated carbocycles. The predicted molar refractivity (Wildman–Crippen MR) is 267 cm³/mol. The second-order valence-corrected chi connectivity index (χ2v) is 17.0. The zero-order valence-corrected chi connectivity index (χ0v) is 38.6. The molecule has 0 amide bonds. The van der Waals surface area contributed by atoms with E-state index in [1.165, 1.54) is 16.7 Å². The molecule has 0 bridgehead atoms. The minimum Gasteiger partial charge on any atom is -0.489 e. The number of nitrogens with zero attached hydrogens (tertiary/aromatic N) is 8. The van der Waals surface area contributed by atoms with Gasteiger partial charge in [0.25, 0.3) is 0 Å². The van der Waals surface area contributed by atoms with Crippen molar-refractivity contribution < 1.29 is 14.2 Å². The zero-order valence-electron chi connectivity index (χ0n) is 38.6. The molecule has 0 aliphatic rings. The van der Waals surface area contributed by atoms with E-state index in [9.17, 15) is 0 Å². The number of aryl methyl sites for hydroxylation is 5. The van der Waals surface area contributed by atoms with Crippen molar-refractivity contribution in [3.8, 4) is 17.2 Å². The summed E-state index contributed by atoms with van der Waals surface area (Å²) in [6, 6.07) is 57.8. The smallest absolute Gasteiger partial charge is 0.174 e. The van der Waals surface area contributed by atoms with E-state index in [1.807, 2.05) is 97.1 Å². The minimum atomic E-state index is 0.414. The van der Waals surface area contributed by atoms with E-state index in [2.05, 4.69) is 126 Å². The van der Waals surface area contributed by atoms with Crippen LogP contribution in [0.3, 0.4) is 0 Å². The van der Waals surface area contributed by atoms with Crippen molar-refractivity contribution in [3.05, 3.63) is 221 Å². The summed E-state index contributed by atoms with van der Waals surface area (Å²) < 4.78 is 18.1. The van der Waals surface area contributed by atoms with Gasteiger partial charge in [-0.1, -0.05) is 127 Å². The van der Waals surface area contributed by atoms with Gasteiger partial charge in [-0.15, -0.1) is 20.4 Å². The molecule has 6 aromatic carbocycles. The summed E-state index contributed by atoms with van der Waals surface area (Å²) in [4.78, 5) is 9.37. The monoisotopic (exact) mass is 914 g/mol. The van der Waals surface area contributed by atoms with Crippen molar-refractivity contribution in [2.24, 2.45) is 0 Å². The third-order valence-corrected chi connectivity index (χ3v) is 11.9. The number of hydrogen-bond donors (Lipinski definition) is 2. The average Bonchev–Trinajstić information content (AvgIpc) is 4.14. The maximum Gasteiger partial charge on any atom is 0.174 e. The van der Waals surface area contributed by atoms with Crippen molar-refractivity contribution in [1.29, 1.82) is 0 Å². The van der Waals surface area contributed by atoms with Crippen LogP contribution in [0.5, 0.6) is 17.2 Å². The van der Waals surface area contributed by atoms with Crippen molar-refractivity contribution in [2.45, 2.75) is 77.6 Å². The van der Waals surface area contributed by atoms with Gasteiger partial charge in [0, 0.05) is 23.6 Å². The van der Waals surface area contributed by atoms with Gasteiger partial charge in [-0.3, -0.25) is 0 Å². The Morgan fingerprint density at radius 3 is 1.51 bits per heavy atom. The molecule has 2 N–H and O–H groups in total. The van der Waals surface area contributed by atoms with E-state index in [4.69, 9.17) is 19.2 Å². The summed E-state index contributed by atoms with van der Waals surface area (Å²) in [5.74, 6) is 4.44. The largest absolute Gasteiger partial charge is 0.489 e. The molecule has 13 nitrogen and oxygen atoms in total. The molecule has 0 radical (unpaired) electrons. The Morgan fingerprint density at radius 2 is 0.928 bits per heavy atom. The number of aromatic amines is 2. The first kappa shape index (κ1) is 45.8. The summed E-state index contributed by atoms with van der Waals surface area (Å²) in [6.07, 6.45) is 6.55. The number of ether oxygens (including phenoxy) is 3. The van der Waals surface area contributed by atoms with Crippen LogP contribution in [0.1, 0.15) is 76.5 Å². The van der Waals surface area contributed by atoms with E-state index < -0.39 is 0 Å². The van der Waals surface area contributed by atoms with Crippen LogP contribution in [-0.4, -0.2) is 51.2 Å². The summed E-state index contributed by atoms with van der Waals surface area (Å²) in [6.45, 7) is 3.60. The lowest BCUT2D eigenvalue weighted by atomic mass is 9.93. The van der Waals surface area contributed by atoms with Gasteiger partial charge in [0.15, 0.2) is 11.6 Å². The number of rotatable bonds is 20. The Labute approximate surface area is 401 Å². The molecule has 0 fully saturated rings. The number of benzene rings is 6. The van der Waals surface area contributed by atoms with E-state index in [-0.39, 0.29) is 0 Å². The summed E-state index contributed by atoms with van der Waals surface area (Å²) in [7, 11) is 0. The lowest BCUT2D eigenvalue weighted by molar-refractivity contribution is 0.293. The average molecular weight is 915 g/mol. The number of H-pyrrole nitrogens is 2. The van der Waals surface area contributed by atoms with Crippen LogP contribution in [0.2, 0.25) is 0 Å². The number of para-hydroxylation sites is 2. The van der Waals surface area contributed by atoms with Gasteiger partial charge >= 0.3 is 0 Å². The Morgan fingerprint density at radius 1 is 0.435 bits per heavy atom. The lowest BCUT2D eigenvalue weighted by Crippen LogP contribution is -2.00. The maximum atomic E-state index is 6.06. The number of pyridine rings is 2. The molecule has 0 aliphatic carbocycles. The fourth-order valence-corrected chi connectivity index (χ4v) is 8.06. The van der Waals surface area contributed by atoms with Gasteiger partial charge in [-0.05, 0) is 127 Å². The van der Waals surface area contributed by atoms with Gasteiger partial charge in [-0.2, -0.15) is 10.4 Å². The molecule has 346 valence electrons. The number of nitrogens with one attached hydrogen (secondary N) is 2. The predicted octanol–water partition coefficient (Wildman–Crippen LogP) is 10.9. The van der Waals surface area contributed by atoms with Crippen LogP contribution in [0.25, 0.3) is 21.8 Å². The van der Waals surface area contributed by atoms with Gasteiger partial charge in [-0.25, -0.2) is 9.97 Å². The van der Waals surface area contributed by atoms with Crippen LogP contribution in [0.4, 0.5) is 0 Å². The molecule has 10 aromatic rings. The van der Waals surface area contributed by atoms with Crippen LogP contribution in [0.15, 0.2) is 170 Å². The number of hydrogen-bond acceptors (Lipinski definition) is 11. The molecular weight excluding hydrogens is 861 g/mol. The summed E-state index contributed by atoms with van der Waals surface area (Å²) in [5, 5.41) is 30.6. The molecule has 13 heteroatoms. The zero-order chi connectivity index (χ0) is 46.9. The van der Waals surface area contributed by atoms with Gasteiger partial charge in [0.1, 0.15) is 37.1 Å². The minimum absolute atomic E-state index is 0.414. The normalized spacial score (nSPS) is 11.5. The standard InChI is InChI=1S/C30H31N5O.C26H23N5O2/c1-22(15-18-30-32-34-35-33-30)26-12-5-9-23(19-26)7-4-8-24-10-6-13-28(20-24)36-21-27-17-16-25-11-2-3-14-29(25)31-27;1-2-10-25-21(7-1)12-13-22(27-25)18-33-24-9-4-6-20(16-24)17-32-23-8-3-5-19(15-23)11-14-26-28-30-31-29-26/h2-3,5-6,9-14,16-17,19-20,22H,4,7-8,15,18,21H2,1H3,(H,32,33,34,35);1-10,12-13,15-16H,11,14,17-18H2,(H,28,29,30,31). The van der Waals surface area contributed by atoms with E-state index >= 15 is 0 Å². The van der Waals surface area contributed by atoms with Crippen molar-refractivity contribution >= 4 is 21.8 Å². The highest BCUT2D eigenvalue weighted by molar-refractivity contribution is 5.79. The molecule has 1 unspecified atom stereocenters. The molecule has 0 aliphatic heterocycles. The second-order valence-electron chi connectivity index (χ2n) is 17.0. The highest BCUT2D eigenvalue weighted by Crippen LogP contribution is 2.24. The fourth-order valence-electron chi connectivity index (χ4n) is 8.06. The molecule has 10 rings (SSSR count). The Balaban J connectivity index is 0.000000172. The highest BCUT2D eigenvalue weighted by Gasteiger charge is 2.10. The highest BCUT2D eigenvalue weighted by atomic mass is 16.5. The first-order valence-electron chi connectivity index (χ1n) is 23.4. The Bertz CT molecular complexity index is 3160. The van der Waals surface area contributed by atoms with Crippen LogP contribution < -0.4 is 14.2 Å². The van der Waals surface area contributed by atoms with E-state index in [0.717, 1.165) is 112 Å². The molecule has 4 heterocycles. The van der Waals surface area contributed by atoms with Crippen molar-refractivity contribution in [2.75, 3.05) is 0 Å². The van der Waals surface area contributed by atoms with Crippen LogP contribution >= 0.6 is 0 Å². The first-order valence-corrected chi connectivity index (χ1v) is 23.4. The number of fused-ring (bicyclic) bond motifs is 2. The molecule has 69 heavy (non-hydrogen) atoms. The van der Waals surface area contributed by atoms with Gasteiger partial charge < -0.3 is 14.2 Å². The molecule has 4 aromatic heterocycles. The molecule has 0 saturated heterocycles. The topological polar surface area (TPSA) is 162 Å². The SMILES string of the molecule is CC(CCc1nn[nH]n1)c1cccc(CCCc2cccc(OCc3ccc4ccccc4n3)c2)c1.c1cc(CCc2nn[nH]n2)cc(OCc2cccc(OCc3ccc4ccccc4n3)c2)c1. The fraction of sp³-hybridized carbons (Fsp3) is 0.214. The lowest BCUT2D eigenvalue weighted by Gasteiger charge is -2.12. The van der Waals surface area contributed by atoms with Crippen LogP contribution in [-0.2, 0) is 51.9 Å². The molecule has 0 spiro atoms. The Hall–Kier alpha value is -8.32. The second kappa shape index (κ2) is 23.4. The molecular formula is C56H54N10O3. The quantitative estimate of drug-likeness (QED) is 0.0748. The van der Waals surface area contributed by atoms with Crippen molar-refractivity contribution in [3.63, 3.8) is 0 Å². The number of aromatic nitrogens is 10. The third kappa shape index (κ3) is 13.6. The van der Waals surface area contributed by atoms with Gasteiger partial charge in [0.2, 0.25) is 0 Å².